The van der Waals surface area contributed by atoms with Gasteiger partial charge in [0.2, 0.25) is 0 Å². The fourth-order valence-corrected chi connectivity index (χ4v) is 2.85. The van der Waals surface area contributed by atoms with Crippen LogP contribution in [0.25, 0.3) is 0 Å². The monoisotopic (exact) mass is 341 g/mol. The molecule has 0 spiro atoms. The Bertz CT molecular complexity index is 729. The van der Waals surface area contributed by atoms with E-state index in [-0.39, 0.29) is 24.0 Å². The lowest BCUT2D eigenvalue weighted by Crippen LogP contribution is -2.26. The number of ether oxygens (including phenoxy) is 2. The molecule has 0 bridgehead atoms. The highest BCUT2D eigenvalue weighted by Crippen LogP contribution is 2.27. The quantitative estimate of drug-likeness (QED) is 0.478. The van der Waals surface area contributed by atoms with Crippen molar-refractivity contribution in [2.24, 2.45) is 5.92 Å². The zero-order valence-corrected chi connectivity index (χ0v) is 13.7. The molecule has 1 aliphatic heterocycles. The molecule has 130 valence electrons. The fraction of sp³-hybridized carbons (Fsp3) is 0.316. The van der Waals surface area contributed by atoms with E-state index in [1.165, 1.54) is 12.1 Å². The van der Waals surface area contributed by atoms with Gasteiger partial charge in [-0.05, 0) is 25.0 Å². The molecule has 6 nitrogen and oxygen atoms in total. The first-order valence-corrected chi connectivity index (χ1v) is 8.22. The number of carbonyl (C=O) groups is 1. The van der Waals surface area contributed by atoms with Gasteiger partial charge in [-0.1, -0.05) is 30.3 Å². The molecule has 2 aromatic rings. The van der Waals surface area contributed by atoms with E-state index in [0.29, 0.717) is 24.2 Å². The molecule has 0 aromatic heterocycles. The molecule has 0 N–H and O–H groups in total. The van der Waals surface area contributed by atoms with E-state index >= 15 is 0 Å². The maximum Gasteiger partial charge on any atom is 0.269 e. The molecule has 1 aliphatic rings. The van der Waals surface area contributed by atoms with Crippen molar-refractivity contribution < 1.29 is 19.2 Å². The average molecular weight is 341 g/mol. The van der Waals surface area contributed by atoms with E-state index in [2.05, 4.69) is 0 Å². The number of nitro benzene ring substituents is 1. The lowest BCUT2D eigenvalue weighted by molar-refractivity contribution is -0.384. The molecule has 0 aliphatic carbocycles. The second kappa shape index (κ2) is 8.00. The van der Waals surface area contributed by atoms with Gasteiger partial charge >= 0.3 is 0 Å². The minimum Gasteiger partial charge on any atom is -0.348 e. The Balaban J connectivity index is 1.69. The molecular formula is C19H19NO5. The van der Waals surface area contributed by atoms with Crippen molar-refractivity contribution in [3.8, 4) is 0 Å². The molecule has 2 atom stereocenters. The first-order valence-electron chi connectivity index (χ1n) is 8.22. The molecule has 1 fully saturated rings. The summed E-state index contributed by atoms with van der Waals surface area (Å²) in [6.45, 7) is 0.732. The maximum atomic E-state index is 12.6. The van der Waals surface area contributed by atoms with Crippen LogP contribution in [0.2, 0.25) is 0 Å². The molecule has 0 unspecified atom stereocenters. The van der Waals surface area contributed by atoms with Gasteiger partial charge in [-0.2, -0.15) is 0 Å². The van der Waals surface area contributed by atoms with Gasteiger partial charge in [-0.15, -0.1) is 0 Å². The zero-order valence-electron chi connectivity index (χ0n) is 13.7. The van der Waals surface area contributed by atoms with Crippen LogP contribution >= 0.6 is 0 Å². The summed E-state index contributed by atoms with van der Waals surface area (Å²) in [5.41, 5.74) is 1.41. The average Bonchev–Trinajstić information content (AvgIpc) is 2.62. The van der Waals surface area contributed by atoms with Crippen LogP contribution in [0.1, 0.15) is 35.1 Å². The van der Waals surface area contributed by atoms with Crippen LogP contribution in [-0.2, 0) is 9.47 Å². The number of carbonyl (C=O) groups excluding carboxylic acids is 1. The summed E-state index contributed by atoms with van der Waals surface area (Å²) in [5.74, 6) is -0.142. The molecule has 3 rings (SSSR count). The third-order valence-corrected chi connectivity index (χ3v) is 4.22. The second-order valence-corrected chi connectivity index (χ2v) is 5.95. The standard InChI is InChI=1S/C19H19NO5/c21-18(14-5-2-1-3-6-14)16-7-4-12-24-19(25-13-16)15-8-10-17(11-9-15)20(22)23/h1-3,5-6,8-11,16,19H,4,7,12-13H2/t16-,19+/m0/s1. The molecule has 0 radical (unpaired) electrons. The van der Waals surface area contributed by atoms with E-state index in [1.54, 1.807) is 12.1 Å². The Morgan fingerprint density at radius 1 is 1.04 bits per heavy atom. The summed E-state index contributed by atoms with van der Waals surface area (Å²) >= 11 is 0. The molecule has 6 heteroatoms. The van der Waals surface area contributed by atoms with Crippen LogP contribution in [-0.4, -0.2) is 23.9 Å². The summed E-state index contributed by atoms with van der Waals surface area (Å²) in [5, 5.41) is 10.7. The maximum absolute atomic E-state index is 12.6. The minimum absolute atomic E-state index is 0.0201. The van der Waals surface area contributed by atoms with Gasteiger partial charge in [0.25, 0.3) is 5.69 Å². The number of nitro groups is 1. The summed E-state index contributed by atoms with van der Waals surface area (Å²) in [7, 11) is 0. The number of hydrogen-bond donors (Lipinski definition) is 0. The zero-order chi connectivity index (χ0) is 17.6. The van der Waals surface area contributed by atoms with E-state index in [9.17, 15) is 14.9 Å². The van der Waals surface area contributed by atoms with Crippen LogP contribution in [0.5, 0.6) is 0 Å². The smallest absolute Gasteiger partial charge is 0.269 e. The SMILES string of the molecule is O=C(c1ccccc1)[C@H]1CCCO[C@@H](c2ccc([N+](=O)[O-])cc2)OC1. The van der Waals surface area contributed by atoms with E-state index < -0.39 is 11.2 Å². The fourth-order valence-electron chi connectivity index (χ4n) is 2.85. The number of benzene rings is 2. The lowest BCUT2D eigenvalue weighted by atomic mass is 9.94. The van der Waals surface area contributed by atoms with Crippen LogP contribution in [0.4, 0.5) is 5.69 Å². The van der Waals surface area contributed by atoms with Crippen molar-refractivity contribution in [3.05, 3.63) is 75.8 Å². The summed E-state index contributed by atoms with van der Waals surface area (Å²) in [6.07, 6.45) is 0.851. The minimum atomic E-state index is -0.618. The molecule has 0 saturated carbocycles. The highest BCUT2D eigenvalue weighted by molar-refractivity contribution is 5.97. The summed E-state index contributed by atoms with van der Waals surface area (Å²) in [6, 6.07) is 15.3. The summed E-state index contributed by atoms with van der Waals surface area (Å²) < 4.78 is 11.5. The molecular weight excluding hydrogens is 322 g/mol. The Morgan fingerprint density at radius 2 is 1.76 bits per heavy atom. The van der Waals surface area contributed by atoms with Crippen LogP contribution in [0, 0.1) is 16.0 Å². The van der Waals surface area contributed by atoms with Crippen molar-refractivity contribution in [1.82, 2.24) is 0 Å². The normalized spacial score (nSPS) is 21.1. The van der Waals surface area contributed by atoms with Gasteiger partial charge in [0.15, 0.2) is 12.1 Å². The van der Waals surface area contributed by atoms with Gasteiger partial charge < -0.3 is 9.47 Å². The first kappa shape index (κ1) is 17.3. The van der Waals surface area contributed by atoms with Crippen LogP contribution in [0.15, 0.2) is 54.6 Å². The predicted molar refractivity (Wildman–Crippen MR) is 91.2 cm³/mol. The Kier molecular flexibility index (Phi) is 5.53. The Hall–Kier alpha value is -2.57. The Morgan fingerprint density at radius 3 is 2.44 bits per heavy atom. The predicted octanol–water partition coefficient (Wildman–Crippen LogP) is 3.92. The number of ketones is 1. The molecule has 0 amide bonds. The van der Waals surface area contributed by atoms with Crippen molar-refractivity contribution in [2.75, 3.05) is 13.2 Å². The third-order valence-electron chi connectivity index (χ3n) is 4.22. The van der Waals surface area contributed by atoms with Crippen molar-refractivity contribution in [1.29, 1.82) is 0 Å². The van der Waals surface area contributed by atoms with Gasteiger partial charge in [-0.3, -0.25) is 14.9 Å². The van der Waals surface area contributed by atoms with Gasteiger partial charge in [0.1, 0.15) is 0 Å². The van der Waals surface area contributed by atoms with Crippen molar-refractivity contribution >= 4 is 11.5 Å². The van der Waals surface area contributed by atoms with E-state index in [4.69, 9.17) is 9.47 Å². The molecule has 1 heterocycles. The summed E-state index contributed by atoms with van der Waals surface area (Å²) in [4.78, 5) is 22.9. The Labute approximate surface area is 145 Å². The number of nitrogens with zero attached hydrogens (tertiary/aromatic N) is 1. The number of rotatable bonds is 4. The van der Waals surface area contributed by atoms with E-state index in [0.717, 1.165) is 6.42 Å². The molecule has 2 aromatic carbocycles. The second-order valence-electron chi connectivity index (χ2n) is 5.95. The number of Topliss-reactive ketones (excluding diaryl/α,β-unsaturated/α-hetero) is 1. The first-order chi connectivity index (χ1) is 12.1. The van der Waals surface area contributed by atoms with E-state index in [1.807, 2.05) is 30.3 Å². The number of non-ortho nitro benzene ring substituents is 1. The van der Waals surface area contributed by atoms with Gasteiger partial charge in [0.05, 0.1) is 18.1 Å². The number of hydrogen-bond acceptors (Lipinski definition) is 5. The lowest BCUT2D eigenvalue weighted by Gasteiger charge is -2.25. The van der Waals surface area contributed by atoms with Gasteiger partial charge in [-0.25, -0.2) is 0 Å². The molecule has 1 saturated heterocycles. The highest BCUT2D eigenvalue weighted by atomic mass is 16.7. The largest absolute Gasteiger partial charge is 0.348 e. The molecule has 25 heavy (non-hydrogen) atoms. The van der Waals surface area contributed by atoms with Crippen LogP contribution < -0.4 is 0 Å². The van der Waals surface area contributed by atoms with Crippen molar-refractivity contribution in [3.63, 3.8) is 0 Å². The topological polar surface area (TPSA) is 78.7 Å². The van der Waals surface area contributed by atoms with Gasteiger partial charge in [0, 0.05) is 29.2 Å². The van der Waals surface area contributed by atoms with Crippen LogP contribution in [0.3, 0.4) is 0 Å². The highest BCUT2D eigenvalue weighted by Gasteiger charge is 2.25. The third kappa shape index (κ3) is 4.29. The van der Waals surface area contributed by atoms with Crippen molar-refractivity contribution in [2.45, 2.75) is 19.1 Å².